The van der Waals surface area contributed by atoms with Crippen molar-refractivity contribution in [2.45, 2.75) is 26.0 Å². The van der Waals surface area contributed by atoms with Gasteiger partial charge in [0.2, 0.25) is 0 Å². The summed E-state index contributed by atoms with van der Waals surface area (Å²) in [7, 11) is 0. The van der Waals surface area contributed by atoms with E-state index in [1.54, 1.807) is 23.1 Å². The number of H-pyrrole nitrogens is 1. The van der Waals surface area contributed by atoms with Crippen LogP contribution in [0.4, 0.5) is 4.39 Å². The molecule has 2 N–H and O–H groups in total. The molecular weight excluding hydrogens is 273 g/mol. The van der Waals surface area contributed by atoms with Gasteiger partial charge in [-0.1, -0.05) is 12.1 Å². The number of aromatic nitrogens is 2. The number of aliphatic hydroxyl groups excluding tert-OH is 1. The topological polar surface area (TPSA) is 69.2 Å². The van der Waals surface area contributed by atoms with E-state index in [1.807, 2.05) is 0 Å². The van der Waals surface area contributed by atoms with Gasteiger partial charge in [0.25, 0.3) is 5.91 Å². The molecule has 1 aliphatic rings. The first-order valence-corrected chi connectivity index (χ1v) is 6.86. The minimum absolute atomic E-state index is 0.318. The number of nitrogens with one attached hydrogen (secondary N) is 1. The lowest BCUT2D eigenvalue weighted by Gasteiger charge is -2.28. The maximum atomic E-state index is 13.9. The molecule has 1 unspecified atom stereocenters. The molecule has 1 aromatic heterocycles. The average molecular weight is 289 g/mol. The maximum absolute atomic E-state index is 13.9. The highest BCUT2D eigenvalue weighted by Crippen LogP contribution is 2.30. The van der Waals surface area contributed by atoms with Crippen LogP contribution in [-0.2, 0) is 17.8 Å². The van der Waals surface area contributed by atoms with Crippen LogP contribution in [0.15, 0.2) is 24.3 Å². The molecule has 1 aliphatic heterocycles. The number of benzene rings is 1. The van der Waals surface area contributed by atoms with E-state index < -0.39 is 6.10 Å². The zero-order chi connectivity index (χ0) is 15.0. The van der Waals surface area contributed by atoms with Crippen LogP contribution in [0.25, 0.3) is 11.3 Å². The van der Waals surface area contributed by atoms with Crippen molar-refractivity contribution in [3.8, 4) is 11.3 Å². The van der Waals surface area contributed by atoms with Crippen molar-refractivity contribution in [1.82, 2.24) is 15.1 Å². The Bertz CT molecular complexity index is 681. The minimum atomic E-state index is -1.03. The van der Waals surface area contributed by atoms with E-state index in [1.165, 1.54) is 13.0 Å². The molecule has 110 valence electrons. The SMILES string of the molecule is CC(O)C(=O)N1CCc2[nH]nc(-c3ccccc3F)c2C1. The summed E-state index contributed by atoms with van der Waals surface area (Å²) in [5.74, 6) is -0.660. The van der Waals surface area contributed by atoms with Crippen LogP contribution in [0, 0.1) is 5.82 Å². The van der Waals surface area contributed by atoms with Crippen LogP contribution in [0.2, 0.25) is 0 Å². The summed E-state index contributed by atoms with van der Waals surface area (Å²) in [6.45, 7) is 2.31. The van der Waals surface area contributed by atoms with Crippen molar-refractivity contribution in [2.24, 2.45) is 0 Å². The Balaban J connectivity index is 1.97. The fourth-order valence-corrected chi connectivity index (χ4v) is 2.62. The highest BCUT2D eigenvalue weighted by atomic mass is 19.1. The number of aromatic amines is 1. The van der Waals surface area contributed by atoms with Gasteiger partial charge in [0.1, 0.15) is 17.6 Å². The van der Waals surface area contributed by atoms with Crippen molar-refractivity contribution >= 4 is 5.91 Å². The molecule has 1 aromatic carbocycles. The van der Waals surface area contributed by atoms with Crippen molar-refractivity contribution in [3.05, 3.63) is 41.3 Å². The fraction of sp³-hybridized carbons (Fsp3) is 0.333. The van der Waals surface area contributed by atoms with Crippen LogP contribution >= 0.6 is 0 Å². The van der Waals surface area contributed by atoms with Gasteiger partial charge in [-0.2, -0.15) is 5.10 Å². The first kappa shape index (κ1) is 13.8. The van der Waals surface area contributed by atoms with E-state index in [0.29, 0.717) is 30.8 Å². The Hall–Kier alpha value is -2.21. The number of rotatable bonds is 2. The highest BCUT2D eigenvalue weighted by molar-refractivity contribution is 5.81. The second-order valence-corrected chi connectivity index (χ2v) is 5.19. The summed E-state index contributed by atoms with van der Waals surface area (Å²) in [5, 5.41) is 16.6. The van der Waals surface area contributed by atoms with Crippen LogP contribution < -0.4 is 0 Å². The van der Waals surface area contributed by atoms with Gasteiger partial charge in [-0.05, 0) is 19.1 Å². The average Bonchev–Trinajstić information content (AvgIpc) is 2.89. The molecule has 21 heavy (non-hydrogen) atoms. The Labute approximate surface area is 121 Å². The predicted octanol–water partition coefficient (Wildman–Crippen LogP) is 1.48. The third-order valence-corrected chi connectivity index (χ3v) is 3.73. The van der Waals surface area contributed by atoms with Crippen LogP contribution in [-0.4, -0.2) is 38.8 Å². The van der Waals surface area contributed by atoms with Gasteiger partial charge >= 0.3 is 0 Å². The number of hydrogen-bond donors (Lipinski definition) is 2. The molecule has 0 bridgehead atoms. The van der Waals surface area contributed by atoms with Gasteiger partial charge in [0.05, 0.1) is 0 Å². The second-order valence-electron chi connectivity index (χ2n) is 5.19. The first-order valence-electron chi connectivity index (χ1n) is 6.86. The van der Waals surface area contributed by atoms with Crippen LogP contribution in [0.1, 0.15) is 18.2 Å². The molecule has 6 heteroatoms. The zero-order valence-corrected chi connectivity index (χ0v) is 11.6. The molecule has 3 rings (SSSR count). The van der Waals surface area contributed by atoms with Crippen molar-refractivity contribution in [3.63, 3.8) is 0 Å². The molecule has 0 spiro atoms. The van der Waals surface area contributed by atoms with Gasteiger partial charge in [-0.3, -0.25) is 9.89 Å². The molecule has 1 amide bonds. The minimum Gasteiger partial charge on any atom is -0.384 e. The third-order valence-electron chi connectivity index (χ3n) is 3.73. The van der Waals surface area contributed by atoms with Gasteiger partial charge in [0.15, 0.2) is 0 Å². The van der Waals surface area contributed by atoms with E-state index >= 15 is 0 Å². The zero-order valence-electron chi connectivity index (χ0n) is 11.6. The lowest BCUT2D eigenvalue weighted by Crippen LogP contribution is -2.41. The van der Waals surface area contributed by atoms with Gasteiger partial charge in [-0.15, -0.1) is 0 Å². The molecule has 2 heterocycles. The Kier molecular flexibility index (Phi) is 3.47. The van der Waals surface area contributed by atoms with E-state index in [2.05, 4.69) is 10.2 Å². The normalized spacial score (nSPS) is 15.7. The number of hydrogen-bond acceptors (Lipinski definition) is 3. The van der Waals surface area contributed by atoms with Crippen molar-refractivity contribution in [2.75, 3.05) is 6.54 Å². The number of carbonyl (C=O) groups is 1. The molecule has 0 radical (unpaired) electrons. The lowest BCUT2D eigenvalue weighted by atomic mass is 10.0. The fourth-order valence-electron chi connectivity index (χ4n) is 2.62. The number of aliphatic hydroxyl groups is 1. The van der Waals surface area contributed by atoms with Gasteiger partial charge in [0, 0.05) is 36.3 Å². The molecule has 2 aromatic rings. The molecule has 0 saturated carbocycles. The standard InChI is InChI=1S/C15H16FN3O2/c1-9(20)15(21)19-7-6-13-11(8-19)14(18-17-13)10-4-2-3-5-12(10)16/h2-5,9,20H,6-8H2,1H3,(H,17,18). The summed E-state index contributed by atoms with van der Waals surface area (Å²) >= 11 is 0. The smallest absolute Gasteiger partial charge is 0.251 e. The van der Waals surface area contributed by atoms with E-state index in [-0.39, 0.29) is 11.7 Å². The summed E-state index contributed by atoms with van der Waals surface area (Å²) in [5.41, 5.74) is 2.69. The molecule has 1 atom stereocenters. The number of fused-ring (bicyclic) bond motifs is 1. The van der Waals surface area contributed by atoms with Crippen LogP contribution in [0.5, 0.6) is 0 Å². The number of nitrogens with zero attached hydrogens (tertiary/aromatic N) is 2. The Morgan fingerprint density at radius 1 is 1.48 bits per heavy atom. The second kappa shape index (κ2) is 5.29. The first-order chi connectivity index (χ1) is 10.1. The van der Waals surface area contributed by atoms with Crippen molar-refractivity contribution < 1.29 is 14.3 Å². The van der Waals surface area contributed by atoms with Gasteiger partial charge in [-0.25, -0.2) is 4.39 Å². The third kappa shape index (κ3) is 2.42. The maximum Gasteiger partial charge on any atom is 0.251 e. The van der Waals surface area contributed by atoms with Gasteiger partial charge < -0.3 is 10.0 Å². The van der Waals surface area contributed by atoms with Crippen LogP contribution in [0.3, 0.4) is 0 Å². The number of halogens is 1. The molecule has 0 fully saturated rings. The summed E-state index contributed by atoms with van der Waals surface area (Å²) in [6.07, 6.45) is -0.412. The molecule has 0 aliphatic carbocycles. The Morgan fingerprint density at radius 2 is 2.24 bits per heavy atom. The monoisotopic (exact) mass is 289 g/mol. The predicted molar refractivity (Wildman–Crippen MR) is 74.8 cm³/mol. The summed E-state index contributed by atoms with van der Waals surface area (Å²) in [4.78, 5) is 13.5. The van der Waals surface area contributed by atoms with E-state index in [9.17, 15) is 14.3 Å². The van der Waals surface area contributed by atoms with E-state index in [0.717, 1.165) is 11.3 Å². The van der Waals surface area contributed by atoms with Crippen molar-refractivity contribution in [1.29, 1.82) is 0 Å². The quantitative estimate of drug-likeness (QED) is 0.880. The summed E-state index contributed by atoms with van der Waals surface area (Å²) in [6, 6.07) is 6.43. The number of amides is 1. The highest BCUT2D eigenvalue weighted by Gasteiger charge is 2.28. The molecular formula is C15H16FN3O2. The lowest BCUT2D eigenvalue weighted by molar-refractivity contribution is -0.140. The number of carbonyl (C=O) groups excluding carboxylic acids is 1. The molecule has 0 saturated heterocycles. The van der Waals surface area contributed by atoms with E-state index in [4.69, 9.17) is 0 Å². The Morgan fingerprint density at radius 3 is 2.95 bits per heavy atom. The largest absolute Gasteiger partial charge is 0.384 e. The molecule has 5 nitrogen and oxygen atoms in total. The summed E-state index contributed by atoms with van der Waals surface area (Å²) < 4.78 is 13.9.